The lowest BCUT2D eigenvalue weighted by Gasteiger charge is -2.35. The fourth-order valence-electron chi connectivity index (χ4n) is 3.15. The Morgan fingerprint density at radius 1 is 1.25 bits per heavy atom. The van der Waals surface area contributed by atoms with E-state index in [9.17, 15) is 14.7 Å². The fraction of sp³-hybridized carbons (Fsp3) is 0.579. The van der Waals surface area contributed by atoms with E-state index in [1.807, 2.05) is 0 Å². The Kier molecular flexibility index (Phi) is 6.81. The van der Waals surface area contributed by atoms with Gasteiger partial charge in [-0.2, -0.15) is 0 Å². The third-order valence-corrected chi connectivity index (χ3v) is 4.32. The van der Waals surface area contributed by atoms with Gasteiger partial charge in [0.25, 0.3) is 5.91 Å². The second-order valence-electron chi connectivity index (χ2n) is 7.87. The molecule has 3 N–H and O–H groups in total. The van der Waals surface area contributed by atoms with E-state index >= 15 is 0 Å². The summed E-state index contributed by atoms with van der Waals surface area (Å²) in [6.07, 6.45) is 3.47. The minimum atomic E-state index is -0.337. The Morgan fingerprint density at radius 3 is 2.46 bits per heavy atom. The molecule has 0 fully saturated rings. The van der Waals surface area contributed by atoms with E-state index in [4.69, 9.17) is 0 Å². The highest BCUT2D eigenvalue weighted by atomic mass is 16.3. The maximum absolute atomic E-state index is 12.3. The Morgan fingerprint density at radius 2 is 1.92 bits per heavy atom. The van der Waals surface area contributed by atoms with Crippen LogP contribution in [0.3, 0.4) is 0 Å². The first kappa shape index (κ1) is 20.0. The summed E-state index contributed by atoms with van der Waals surface area (Å²) in [5.74, 6) is -0.550. The minimum absolute atomic E-state index is 0.161. The maximum atomic E-state index is 12.3. The van der Waals surface area contributed by atoms with Crippen molar-refractivity contribution in [1.29, 1.82) is 0 Å². The van der Waals surface area contributed by atoms with Gasteiger partial charge in [-0.3, -0.25) is 9.59 Å². The first-order valence-electron chi connectivity index (χ1n) is 8.42. The maximum Gasteiger partial charge on any atom is 0.255 e. The average Bonchev–Trinajstić information content (AvgIpc) is 2.47. The topological polar surface area (TPSA) is 78.4 Å². The Balaban J connectivity index is 2.69. The molecule has 0 aromatic heterocycles. The second kappa shape index (κ2) is 8.18. The number of benzene rings is 1. The summed E-state index contributed by atoms with van der Waals surface area (Å²) in [7, 11) is 0. The summed E-state index contributed by atoms with van der Waals surface area (Å²) >= 11 is 0. The van der Waals surface area contributed by atoms with Crippen LogP contribution in [0, 0.1) is 10.8 Å². The van der Waals surface area contributed by atoms with Gasteiger partial charge in [0, 0.05) is 6.54 Å². The highest BCUT2D eigenvalue weighted by Gasteiger charge is 2.28. The van der Waals surface area contributed by atoms with Crippen molar-refractivity contribution in [2.75, 3.05) is 11.9 Å². The number of aromatic hydroxyl groups is 1. The van der Waals surface area contributed by atoms with Gasteiger partial charge in [-0.15, -0.1) is 0 Å². The third kappa shape index (κ3) is 5.87. The molecule has 2 amide bonds. The molecule has 1 aromatic rings. The Bertz CT molecular complexity index is 578. The predicted octanol–water partition coefficient (Wildman–Crippen LogP) is 3.93. The molecule has 0 bridgehead atoms. The Hall–Kier alpha value is -2.04. The van der Waals surface area contributed by atoms with Crippen molar-refractivity contribution in [1.82, 2.24) is 5.32 Å². The number of para-hydroxylation sites is 1. The first-order chi connectivity index (χ1) is 11.1. The summed E-state index contributed by atoms with van der Waals surface area (Å²) in [6, 6.07) is 4.70. The zero-order valence-electron chi connectivity index (χ0n) is 15.4. The molecule has 5 heteroatoms. The molecule has 1 aromatic carbocycles. The molecular weight excluding hydrogens is 304 g/mol. The van der Waals surface area contributed by atoms with Crippen LogP contribution in [0.5, 0.6) is 5.75 Å². The van der Waals surface area contributed by atoms with Crippen LogP contribution in [0.2, 0.25) is 0 Å². The van der Waals surface area contributed by atoms with E-state index < -0.39 is 0 Å². The molecule has 1 atom stereocenters. The number of phenolic OH excluding ortho intramolecular Hbond substituents is 1. The number of hydrogen-bond donors (Lipinski definition) is 3. The number of carbonyl (C=O) groups excluding carboxylic acids is 2. The summed E-state index contributed by atoms with van der Waals surface area (Å²) in [5, 5.41) is 15.3. The lowest BCUT2D eigenvalue weighted by atomic mass is 9.71. The van der Waals surface area contributed by atoms with Crippen molar-refractivity contribution in [2.24, 2.45) is 10.8 Å². The zero-order chi connectivity index (χ0) is 18.4. The highest BCUT2D eigenvalue weighted by molar-refractivity contribution is 5.99. The summed E-state index contributed by atoms with van der Waals surface area (Å²) in [4.78, 5) is 22.8. The molecule has 24 heavy (non-hydrogen) atoms. The predicted molar refractivity (Wildman–Crippen MR) is 97.2 cm³/mol. The standard InChI is InChI=1S/C19H30N2O3/c1-6-19(5,12-18(2,3)4)10-11-20-17(24)14-8-7-9-15(16(14)23)21-13-22/h7-9,13,23H,6,10-12H2,1-5H3,(H,20,24)(H,21,22). The van der Waals surface area contributed by atoms with Crippen LogP contribution in [-0.2, 0) is 4.79 Å². The van der Waals surface area contributed by atoms with Crippen LogP contribution in [0.15, 0.2) is 18.2 Å². The van der Waals surface area contributed by atoms with Crippen molar-refractivity contribution < 1.29 is 14.7 Å². The molecule has 0 aliphatic heterocycles. The van der Waals surface area contributed by atoms with E-state index in [1.165, 1.54) is 12.1 Å². The summed E-state index contributed by atoms with van der Waals surface area (Å²) in [6.45, 7) is 11.6. The molecule has 0 aliphatic carbocycles. The molecule has 134 valence electrons. The summed E-state index contributed by atoms with van der Waals surface area (Å²) < 4.78 is 0. The molecule has 0 saturated heterocycles. The number of nitrogens with one attached hydrogen (secondary N) is 2. The smallest absolute Gasteiger partial charge is 0.255 e. The van der Waals surface area contributed by atoms with Gasteiger partial charge in [0.2, 0.25) is 6.41 Å². The fourth-order valence-corrected chi connectivity index (χ4v) is 3.15. The van der Waals surface area contributed by atoms with Crippen LogP contribution in [0.25, 0.3) is 0 Å². The van der Waals surface area contributed by atoms with Crippen molar-refractivity contribution >= 4 is 18.0 Å². The minimum Gasteiger partial charge on any atom is -0.505 e. The molecule has 1 rings (SSSR count). The van der Waals surface area contributed by atoms with Gasteiger partial charge >= 0.3 is 0 Å². The van der Waals surface area contributed by atoms with E-state index in [2.05, 4.69) is 45.3 Å². The molecule has 0 radical (unpaired) electrons. The number of anilines is 1. The van der Waals surface area contributed by atoms with E-state index in [1.54, 1.807) is 6.07 Å². The number of amides is 2. The largest absolute Gasteiger partial charge is 0.505 e. The quantitative estimate of drug-likeness (QED) is 0.498. The zero-order valence-corrected chi connectivity index (χ0v) is 15.4. The highest BCUT2D eigenvalue weighted by Crippen LogP contribution is 2.38. The van der Waals surface area contributed by atoms with E-state index in [0.29, 0.717) is 13.0 Å². The van der Waals surface area contributed by atoms with Crippen LogP contribution in [-0.4, -0.2) is 24.0 Å². The third-order valence-electron chi connectivity index (χ3n) is 4.32. The molecule has 1 unspecified atom stereocenters. The molecule has 5 nitrogen and oxygen atoms in total. The number of carbonyl (C=O) groups is 2. The normalized spacial score (nSPS) is 13.9. The molecule has 0 heterocycles. The summed E-state index contributed by atoms with van der Waals surface area (Å²) in [5.41, 5.74) is 0.788. The second-order valence-corrected chi connectivity index (χ2v) is 7.87. The van der Waals surface area contributed by atoms with Gasteiger partial charge in [-0.05, 0) is 35.8 Å². The van der Waals surface area contributed by atoms with Gasteiger partial charge in [0.1, 0.15) is 0 Å². The van der Waals surface area contributed by atoms with Crippen molar-refractivity contribution in [3.8, 4) is 5.75 Å². The Labute approximate surface area is 144 Å². The number of rotatable bonds is 8. The first-order valence-corrected chi connectivity index (χ1v) is 8.42. The van der Waals surface area contributed by atoms with Crippen molar-refractivity contribution in [3.63, 3.8) is 0 Å². The average molecular weight is 334 g/mol. The number of phenols is 1. The number of hydrogen-bond acceptors (Lipinski definition) is 3. The van der Waals surface area contributed by atoms with Gasteiger partial charge in [0.05, 0.1) is 11.3 Å². The lowest BCUT2D eigenvalue weighted by molar-refractivity contribution is -0.105. The van der Waals surface area contributed by atoms with Gasteiger partial charge in [-0.1, -0.05) is 47.1 Å². The monoisotopic (exact) mass is 334 g/mol. The van der Waals surface area contributed by atoms with Gasteiger partial charge in [0.15, 0.2) is 5.75 Å². The van der Waals surface area contributed by atoms with Crippen LogP contribution < -0.4 is 10.6 Å². The molecule has 0 spiro atoms. The van der Waals surface area contributed by atoms with Crippen LogP contribution >= 0.6 is 0 Å². The van der Waals surface area contributed by atoms with Gasteiger partial charge in [-0.25, -0.2) is 0 Å². The lowest BCUT2D eigenvalue weighted by Crippen LogP contribution is -2.31. The molecular formula is C19H30N2O3. The van der Waals surface area contributed by atoms with Gasteiger partial charge < -0.3 is 15.7 Å². The van der Waals surface area contributed by atoms with Crippen LogP contribution in [0.1, 0.15) is 64.2 Å². The molecule has 0 saturated carbocycles. The van der Waals surface area contributed by atoms with Crippen LogP contribution in [0.4, 0.5) is 5.69 Å². The SMILES string of the molecule is CCC(C)(CCNC(=O)c1cccc(NC=O)c1O)CC(C)(C)C. The van der Waals surface area contributed by atoms with E-state index in [-0.39, 0.29) is 33.7 Å². The van der Waals surface area contributed by atoms with E-state index in [0.717, 1.165) is 19.3 Å². The van der Waals surface area contributed by atoms with Crippen molar-refractivity contribution in [2.45, 2.75) is 53.9 Å². The van der Waals surface area contributed by atoms with Crippen molar-refractivity contribution in [3.05, 3.63) is 23.8 Å². The molecule has 0 aliphatic rings.